The minimum Gasteiger partial charge on any atom is -0.356 e. The zero-order chi connectivity index (χ0) is 22.2. The van der Waals surface area contributed by atoms with E-state index in [2.05, 4.69) is 16.0 Å². The molecule has 0 aliphatic carbocycles. The topological polar surface area (TPSA) is 121 Å². The summed E-state index contributed by atoms with van der Waals surface area (Å²) < 4.78 is 0. The first-order chi connectivity index (χ1) is 14.4. The van der Waals surface area contributed by atoms with Crippen molar-refractivity contribution in [3.8, 4) is 0 Å². The summed E-state index contributed by atoms with van der Waals surface area (Å²) in [4.78, 5) is 55.6. The van der Waals surface area contributed by atoms with Crippen LogP contribution in [0.2, 0.25) is 0 Å². The second kappa shape index (κ2) is 14.4. The van der Waals surface area contributed by atoms with Crippen LogP contribution in [0.1, 0.15) is 38.2 Å². The van der Waals surface area contributed by atoms with E-state index < -0.39 is 0 Å². The molecular formula is C22H27N3O5. The van der Waals surface area contributed by atoms with Crippen molar-refractivity contribution in [1.29, 1.82) is 0 Å². The molecule has 8 heteroatoms. The summed E-state index contributed by atoms with van der Waals surface area (Å²) >= 11 is 0. The van der Waals surface area contributed by atoms with Crippen molar-refractivity contribution in [2.75, 3.05) is 18.4 Å². The zero-order valence-electron chi connectivity index (χ0n) is 17.0. The first-order valence-electron chi connectivity index (χ1n) is 9.64. The minimum absolute atomic E-state index is 0.0661. The van der Waals surface area contributed by atoms with Gasteiger partial charge < -0.3 is 16.0 Å². The summed E-state index contributed by atoms with van der Waals surface area (Å²) in [6.07, 6.45) is 8.13. The fraction of sp³-hybridized carbons (Fsp3) is 0.318. The normalized spacial score (nSPS) is 11.0. The van der Waals surface area contributed by atoms with Crippen molar-refractivity contribution in [2.24, 2.45) is 0 Å². The van der Waals surface area contributed by atoms with Gasteiger partial charge in [0.15, 0.2) is 0 Å². The molecule has 0 radical (unpaired) electrons. The van der Waals surface area contributed by atoms with Gasteiger partial charge in [-0.15, -0.1) is 0 Å². The van der Waals surface area contributed by atoms with E-state index in [1.54, 1.807) is 30.3 Å². The largest absolute Gasteiger partial charge is 0.356 e. The molecule has 0 aliphatic heterocycles. The third kappa shape index (κ3) is 11.3. The average molecular weight is 413 g/mol. The van der Waals surface area contributed by atoms with E-state index >= 15 is 0 Å². The number of amides is 3. The van der Waals surface area contributed by atoms with E-state index in [9.17, 15) is 24.0 Å². The Morgan fingerprint density at radius 2 is 1.67 bits per heavy atom. The van der Waals surface area contributed by atoms with E-state index in [0.717, 1.165) is 24.5 Å². The molecule has 0 unspecified atom stereocenters. The molecule has 0 bridgehead atoms. The first kappa shape index (κ1) is 24.5. The van der Waals surface area contributed by atoms with Crippen molar-refractivity contribution >= 4 is 42.1 Å². The number of hydrogen-bond donors (Lipinski definition) is 3. The van der Waals surface area contributed by atoms with Gasteiger partial charge >= 0.3 is 0 Å². The monoisotopic (exact) mass is 413 g/mol. The summed E-state index contributed by atoms with van der Waals surface area (Å²) in [6.45, 7) is 1.94. The Kier molecular flexibility index (Phi) is 11.8. The van der Waals surface area contributed by atoms with Gasteiger partial charge in [-0.2, -0.15) is 0 Å². The van der Waals surface area contributed by atoms with Gasteiger partial charge in [0.1, 0.15) is 12.6 Å². The SMILES string of the molecule is CC(=O)NCCCCCC(=O)NCC(=O)Nc1ccc(/C=C/C(C=O)=C\C=O)cc1. The van der Waals surface area contributed by atoms with Gasteiger partial charge in [0.2, 0.25) is 17.7 Å². The molecule has 0 atom stereocenters. The van der Waals surface area contributed by atoms with Crippen LogP contribution in [0.4, 0.5) is 5.69 Å². The van der Waals surface area contributed by atoms with Crippen LogP contribution in [0, 0.1) is 0 Å². The van der Waals surface area contributed by atoms with Crippen LogP contribution in [-0.4, -0.2) is 43.4 Å². The Labute approximate surface area is 175 Å². The molecule has 3 amide bonds. The van der Waals surface area contributed by atoms with Gasteiger partial charge in [-0.05, 0) is 36.6 Å². The number of carbonyl (C=O) groups is 5. The molecule has 0 aromatic heterocycles. The van der Waals surface area contributed by atoms with Crippen molar-refractivity contribution < 1.29 is 24.0 Å². The number of benzene rings is 1. The van der Waals surface area contributed by atoms with Crippen LogP contribution in [-0.2, 0) is 24.0 Å². The van der Waals surface area contributed by atoms with E-state index in [1.165, 1.54) is 13.0 Å². The highest BCUT2D eigenvalue weighted by atomic mass is 16.2. The Hall–Kier alpha value is -3.55. The van der Waals surface area contributed by atoms with E-state index in [-0.39, 0.29) is 29.8 Å². The molecule has 160 valence electrons. The zero-order valence-corrected chi connectivity index (χ0v) is 17.0. The van der Waals surface area contributed by atoms with Crippen molar-refractivity contribution in [3.63, 3.8) is 0 Å². The molecule has 3 N–H and O–H groups in total. The molecule has 0 saturated carbocycles. The maximum absolute atomic E-state index is 11.9. The number of allylic oxidation sites excluding steroid dienone is 3. The Bertz CT molecular complexity index is 797. The maximum atomic E-state index is 11.9. The fourth-order valence-corrected chi connectivity index (χ4v) is 2.41. The number of unbranched alkanes of at least 4 members (excludes halogenated alkanes) is 2. The van der Waals surface area contributed by atoms with E-state index in [4.69, 9.17) is 0 Å². The summed E-state index contributed by atoms with van der Waals surface area (Å²) in [7, 11) is 0. The molecule has 0 spiro atoms. The Morgan fingerprint density at radius 3 is 2.30 bits per heavy atom. The number of carbonyl (C=O) groups excluding carboxylic acids is 5. The number of anilines is 1. The van der Waals surface area contributed by atoms with Gasteiger partial charge in [-0.3, -0.25) is 24.0 Å². The maximum Gasteiger partial charge on any atom is 0.243 e. The molecule has 0 fully saturated rings. The predicted molar refractivity (Wildman–Crippen MR) is 114 cm³/mol. The van der Waals surface area contributed by atoms with Gasteiger partial charge in [0.25, 0.3) is 0 Å². The highest BCUT2D eigenvalue weighted by molar-refractivity contribution is 5.94. The van der Waals surface area contributed by atoms with E-state index in [0.29, 0.717) is 37.6 Å². The standard InChI is InChI=1S/C22H27N3O5/c1-17(28)23-13-4-2-3-5-21(29)24-15-22(30)25-20-10-8-18(9-11-20)6-7-19(16-27)12-14-26/h6-12,14,16H,2-5,13,15H2,1H3,(H,23,28)(H,24,29)(H,25,30)/b7-6+,19-12+. The smallest absolute Gasteiger partial charge is 0.243 e. The predicted octanol–water partition coefficient (Wildman–Crippen LogP) is 1.78. The molecule has 8 nitrogen and oxygen atoms in total. The fourth-order valence-electron chi connectivity index (χ4n) is 2.41. The molecule has 1 rings (SSSR count). The first-order valence-corrected chi connectivity index (χ1v) is 9.64. The Morgan fingerprint density at radius 1 is 0.933 bits per heavy atom. The number of nitrogens with one attached hydrogen (secondary N) is 3. The van der Waals surface area contributed by atoms with Gasteiger partial charge in [0, 0.05) is 31.1 Å². The summed E-state index contributed by atoms with van der Waals surface area (Å²) in [5, 5.41) is 7.95. The average Bonchev–Trinajstić information content (AvgIpc) is 2.73. The van der Waals surface area contributed by atoms with Crippen LogP contribution in [0.3, 0.4) is 0 Å². The number of hydrogen-bond acceptors (Lipinski definition) is 5. The Balaban J connectivity index is 2.31. The van der Waals surface area contributed by atoms with Gasteiger partial charge in [-0.1, -0.05) is 30.7 Å². The van der Waals surface area contributed by atoms with Crippen LogP contribution < -0.4 is 16.0 Å². The quantitative estimate of drug-likeness (QED) is 0.197. The lowest BCUT2D eigenvalue weighted by atomic mass is 10.1. The molecule has 0 saturated heterocycles. The lowest BCUT2D eigenvalue weighted by molar-refractivity contribution is -0.124. The summed E-state index contributed by atoms with van der Waals surface area (Å²) in [5.41, 5.74) is 1.62. The lowest BCUT2D eigenvalue weighted by Gasteiger charge is -2.07. The number of aldehydes is 2. The third-order valence-corrected chi connectivity index (χ3v) is 3.96. The van der Waals surface area contributed by atoms with Crippen molar-refractivity contribution in [1.82, 2.24) is 10.6 Å². The third-order valence-electron chi connectivity index (χ3n) is 3.96. The van der Waals surface area contributed by atoms with Crippen molar-refractivity contribution in [2.45, 2.75) is 32.6 Å². The van der Waals surface area contributed by atoms with Crippen LogP contribution in [0.25, 0.3) is 6.08 Å². The second-order valence-corrected chi connectivity index (χ2v) is 6.49. The molecule has 1 aromatic carbocycles. The lowest BCUT2D eigenvalue weighted by Crippen LogP contribution is -2.32. The van der Waals surface area contributed by atoms with Crippen LogP contribution in [0.5, 0.6) is 0 Å². The molecule has 1 aromatic rings. The van der Waals surface area contributed by atoms with Crippen molar-refractivity contribution in [3.05, 3.63) is 47.6 Å². The van der Waals surface area contributed by atoms with Crippen LogP contribution in [0.15, 0.2) is 42.0 Å². The highest BCUT2D eigenvalue weighted by Crippen LogP contribution is 2.11. The molecular weight excluding hydrogens is 386 g/mol. The number of rotatable bonds is 13. The molecule has 30 heavy (non-hydrogen) atoms. The summed E-state index contributed by atoms with van der Waals surface area (Å²) in [6, 6.07) is 6.88. The molecule has 0 heterocycles. The second-order valence-electron chi connectivity index (χ2n) is 6.49. The summed E-state index contributed by atoms with van der Waals surface area (Å²) in [5.74, 6) is -0.599. The molecule has 0 aliphatic rings. The van der Waals surface area contributed by atoms with Gasteiger partial charge in [0.05, 0.1) is 6.54 Å². The van der Waals surface area contributed by atoms with Gasteiger partial charge in [-0.25, -0.2) is 0 Å². The van der Waals surface area contributed by atoms with E-state index in [1.807, 2.05) is 0 Å². The van der Waals surface area contributed by atoms with Crippen LogP contribution >= 0.6 is 0 Å². The highest BCUT2D eigenvalue weighted by Gasteiger charge is 2.06. The minimum atomic E-state index is -0.338.